The third-order valence-corrected chi connectivity index (χ3v) is 4.56. The van der Waals surface area contributed by atoms with Crippen LogP contribution in [-0.2, 0) is 14.8 Å². The molecule has 1 aliphatic rings. The van der Waals surface area contributed by atoms with E-state index in [-0.39, 0.29) is 4.90 Å². The van der Waals surface area contributed by atoms with Crippen LogP contribution in [-0.4, -0.2) is 32.3 Å². The average Bonchev–Trinajstić information content (AvgIpc) is 2.83. The standard InChI is InChI=1S/C9H13NO2S.C8H15NO/c1-7(2)8-3-5-9(6-4-8)13(10,11)12;1-7(2)6-9-5-3-4-8(9)10/h3-7H,1-2H3,(H2,10,11,12);7H,3-6H2,1-2H3. The Bertz CT molecular complexity index is 607. The van der Waals surface area contributed by atoms with Crippen LogP contribution in [0.15, 0.2) is 29.2 Å². The molecule has 2 N–H and O–H groups in total. The molecule has 5 nitrogen and oxygen atoms in total. The minimum atomic E-state index is -3.55. The number of likely N-dealkylation sites (tertiary alicyclic amines) is 1. The highest BCUT2D eigenvalue weighted by molar-refractivity contribution is 7.89. The Hall–Kier alpha value is -1.40. The van der Waals surface area contributed by atoms with Gasteiger partial charge in [0.1, 0.15) is 0 Å². The number of hydrogen-bond acceptors (Lipinski definition) is 3. The van der Waals surface area contributed by atoms with Crippen LogP contribution in [0.5, 0.6) is 0 Å². The van der Waals surface area contributed by atoms with Gasteiger partial charge in [0.05, 0.1) is 4.90 Å². The van der Waals surface area contributed by atoms with E-state index in [0.29, 0.717) is 17.7 Å². The quantitative estimate of drug-likeness (QED) is 0.915. The molecular weight excluding hydrogens is 312 g/mol. The van der Waals surface area contributed by atoms with Gasteiger partial charge in [-0.25, -0.2) is 13.6 Å². The molecule has 0 spiro atoms. The van der Waals surface area contributed by atoms with Crippen LogP contribution in [0.4, 0.5) is 0 Å². The summed E-state index contributed by atoms with van der Waals surface area (Å²) in [7, 11) is -3.55. The molecule has 1 aromatic rings. The van der Waals surface area contributed by atoms with E-state index in [9.17, 15) is 13.2 Å². The second kappa shape index (κ2) is 8.45. The van der Waals surface area contributed by atoms with Gasteiger partial charge in [0, 0.05) is 19.5 Å². The van der Waals surface area contributed by atoms with Crippen molar-refractivity contribution in [2.24, 2.45) is 11.1 Å². The Labute approximate surface area is 139 Å². The number of rotatable bonds is 4. The molecule has 0 radical (unpaired) electrons. The van der Waals surface area contributed by atoms with Crippen LogP contribution in [0.3, 0.4) is 0 Å². The van der Waals surface area contributed by atoms with E-state index in [2.05, 4.69) is 13.8 Å². The molecule has 0 atom stereocenters. The third-order valence-electron chi connectivity index (χ3n) is 3.63. The minimum absolute atomic E-state index is 0.164. The van der Waals surface area contributed by atoms with Gasteiger partial charge in [0.15, 0.2) is 0 Å². The van der Waals surface area contributed by atoms with Gasteiger partial charge in [-0.05, 0) is 36.0 Å². The number of benzene rings is 1. The fraction of sp³-hybridized carbons (Fsp3) is 0.588. The third kappa shape index (κ3) is 6.71. The van der Waals surface area contributed by atoms with Crippen molar-refractivity contribution in [3.05, 3.63) is 29.8 Å². The van der Waals surface area contributed by atoms with Gasteiger partial charge in [-0.3, -0.25) is 4.79 Å². The van der Waals surface area contributed by atoms with Crippen molar-refractivity contribution in [1.82, 2.24) is 4.90 Å². The molecule has 0 bridgehead atoms. The number of sulfonamides is 1. The number of hydrogen-bond donors (Lipinski definition) is 1. The Morgan fingerprint density at radius 3 is 2.04 bits per heavy atom. The van der Waals surface area contributed by atoms with E-state index in [0.717, 1.165) is 31.5 Å². The fourth-order valence-corrected chi connectivity index (χ4v) is 2.90. The van der Waals surface area contributed by atoms with Crippen LogP contribution in [0.25, 0.3) is 0 Å². The number of carbonyl (C=O) groups excluding carboxylic acids is 1. The van der Waals surface area contributed by atoms with E-state index in [1.165, 1.54) is 12.1 Å². The second-order valence-electron chi connectivity index (χ2n) is 6.61. The SMILES string of the molecule is CC(C)CN1CCCC1=O.CC(C)c1ccc(S(N)(=O)=O)cc1. The van der Waals surface area contributed by atoms with Gasteiger partial charge in [-0.2, -0.15) is 0 Å². The Balaban J connectivity index is 0.000000238. The predicted molar refractivity (Wildman–Crippen MR) is 92.6 cm³/mol. The Morgan fingerprint density at radius 2 is 1.70 bits per heavy atom. The largest absolute Gasteiger partial charge is 0.342 e. The van der Waals surface area contributed by atoms with Crippen molar-refractivity contribution < 1.29 is 13.2 Å². The molecule has 130 valence electrons. The van der Waals surface area contributed by atoms with Crippen LogP contribution in [0.1, 0.15) is 52.0 Å². The molecule has 0 unspecified atom stereocenters. The van der Waals surface area contributed by atoms with E-state index in [1.807, 2.05) is 18.7 Å². The molecule has 1 heterocycles. The van der Waals surface area contributed by atoms with Crippen molar-refractivity contribution in [2.75, 3.05) is 13.1 Å². The molecule has 6 heteroatoms. The summed E-state index contributed by atoms with van der Waals surface area (Å²) in [5.74, 6) is 1.35. The normalized spacial score (nSPS) is 15.1. The molecule has 1 amide bonds. The summed E-state index contributed by atoms with van der Waals surface area (Å²) in [4.78, 5) is 13.2. The van der Waals surface area contributed by atoms with E-state index >= 15 is 0 Å². The second-order valence-corrected chi connectivity index (χ2v) is 8.17. The van der Waals surface area contributed by atoms with Crippen molar-refractivity contribution in [3.8, 4) is 0 Å². The summed E-state index contributed by atoms with van der Waals surface area (Å²) in [6.45, 7) is 10.3. The number of nitrogens with zero attached hydrogens (tertiary/aromatic N) is 1. The lowest BCUT2D eigenvalue weighted by Gasteiger charge is -2.17. The maximum atomic E-state index is 11.0. The smallest absolute Gasteiger partial charge is 0.238 e. The monoisotopic (exact) mass is 340 g/mol. The number of amides is 1. The first-order chi connectivity index (χ1) is 10.6. The summed E-state index contributed by atoms with van der Waals surface area (Å²) in [6.07, 6.45) is 1.83. The maximum absolute atomic E-state index is 11.0. The van der Waals surface area contributed by atoms with E-state index < -0.39 is 10.0 Å². The van der Waals surface area contributed by atoms with Crippen LogP contribution in [0.2, 0.25) is 0 Å². The van der Waals surface area contributed by atoms with Crippen LogP contribution < -0.4 is 5.14 Å². The van der Waals surface area contributed by atoms with Crippen molar-refractivity contribution in [1.29, 1.82) is 0 Å². The number of nitrogens with two attached hydrogens (primary N) is 1. The molecule has 1 aromatic carbocycles. The van der Waals surface area contributed by atoms with Crippen molar-refractivity contribution in [2.45, 2.75) is 51.3 Å². The maximum Gasteiger partial charge on any atom is 0.238 e. The van der Waals surface area contributed by atoms with E-state index in [4.69, 9.17) is 5.14 Å². The molecule has 23 heavy (non-hydrogen) atoms. The van der Waals surface area contributed by atoms with Gasteiger partial charge in [0.25, 0.3) is 0 Å². The zero-order valence-corrected chi connectivity index (χ0v) is 15.3. The zero-order valence-electron chi connectivity index (χ0n) is 14.5. The Kier molecular flexibility index (Phi) is 7.22. The number of primary sulfonamides is 1. The van der Waals surface area contributed by atoms with Gasteiger partial charge < -0.3 is 4.90 Å². The molecule has 0 aromatic heterocycles. The van der Waals surface area contributed by atoms with Gasteiger partial charge >= 0.3 is 0 Å². The lowest BCUT2D eigenvalue weighted by molar-refractivity contribution is -0.128. The highest BCUT2D eigenvalue weighted by atomic mass is 32.2. The van der Waals surface area contributed by atoms with Crippen LogP contribution in [0, 0.1) is 5.92 Å². The summed E-state index contributed by atoms with van der Waals surface area (Å²) in [5, 5.41) is 4.96. The zero-order chi connectivity index (χ0) is 17.6. The first kappa shape index (κ1) is 19.6. The van der Waals surface area contributed by atoms with Gasteiger partial charge in [0.2, 0.25) is 15.9 Å². The van der Waals surface area contributed by atoms with Crippen LogP contribution >= 0.6 is 0 Å². The Morgan fingerprint density at radius 1 is 1.13 bits per heavy atom. The summed E-state index contributed by atoms with van der Waals surface area (Å²) in [6, 6.07) is 6.63. The molecule has 1 aliphatic heterocycles. The van der Waals surface area contributed by atoms with E-state index in [1.54, 1.807) is 12.1 Å². The molecular formula is C17H28N2O3S. The summed E-state index contributed by atoms with van der Waals surface area (Å²) >= 11 is 0. The fourth-order valence-electron chi connectivity index (χ4n) is 2.38. The first-order valence-corrected chi connectivity index (χ1v) is 9.56. The predicted octanol–water partition coefficient (Wildman–Crippen LogP) is 2.72. The lowest BCUT2D eigenvalue weighted by atomic mass is 10.0. The molecule has 1 fully saturated rings. The van der Waals surface area contributed by atoms with Crippen molar-refractivity contribution in [3.63, 3.8) is 0 Å². The van der Waals surface area contributed by atoms with Gasteiger partial charge in [-0.1, -0.05) is 39.8 Å². The first-order valence-electron chi connectivity index (χ1n) is 8.01. The average molecular weight is 340 g/mol. The highest BCUT2D eigenvalue weighted by Gasteiger charge is 2.19. The summed E-state index contributed by atoms with van der Waals surface area (Å²) in [5.41, 5.74) is 1.10. The molecule has 0 aliphatic carbocycles. The highest BCUT2D eigenvalue weighted by Crippen LogP contribution is 2.16. The topological polar surface area (TPSA) is 80.5 Å². The number of carbonyl (C=O) groups is 1. The summed E-state index contributed by atoms with van der Waals surface area (Å²) < 4.78 is 21.8. The lowest BCUT2D eigenvalue weighted by Crippen LogP contribution is -2.28. The van der Waals surface area contributed by atoms with Gasteiger partial charge in [-0.15, -0.1) is 0 Å². The molecule has 1 saturated heterocycles. The molecule has 0 saturated carbocycles. The van der Waals surface area contributed by atoms with Crippen molar-refractivity contribution >= 4 is 15.9 Å². The molecule has 2 rings (SSSR count). The minimum Gasteiger partial charge on any atom is -0.342 e.